The molecule has 0 fully saturated rings. The van der Waals surface area contributed by atoms with Crippen LogP contribution in [0.1, 0.15) is 11.1 Å². The summed E-state index contributed by atoms with van der Waals surface area (Å²) in [7, 11) is 1.58. The molecule has 0 aliphatic heterocycles. The van der Waals surface area contributed by atoms with Crippen molar-refractivity contribution in [1.82, 2.24) is 0 Å². The quantitative estimate of drug-likeness (QED) is 0.616. The first-order chi connectivity index (χ1) is 10.2. The summed E-state index contributed by atoms with van der Waals surface area (Å²) in [5.74, 6) is 0.294. The second kappa shape index (κ2) is 7.50. The third-order valence-electron chi connectivity index (χ3n) is 2.84. The zero-order valence-corrected chi connectivity index (χ0v) is 12.3. The van der Waals surface area contributed by atoms with Gasteiger partial charge in [0.25, 0.3) is 0 Å². The highest BCUT2D eigenvalue weighted by Gasteiger charge is 2.04. The maximum Gasteiger partial charge on any atom is 0.331 e. The van der Waals surface area contributed by atoms with Crippen molar-refractivity contribution in [3.63, 3.8) is 0 Å². The average molecular weight is 303 g/mol. The van der Waals surface area contributed by atoms with Gasteiger partial charge in [-0.05, 0) is 29.8 Å². The van der Waals surface area contributed by atoms with Crippen LogP contribution < -0.4 is 4.74 Å². The van der Waals surface area contributed by atoms with E-state index in [0.29, 0.717) is 10.8 Å². The van der Waals surface area contributed by atoms with Crippen LogP contribution in [0.5, 0.6) is 5.75 Å². The second-order valence-corrected chi connectivity index (χ2v) is 4.74. The molecular formula is C17H15ClO3. The first kappa shape index (κ1) is 15.1. The third-order valence-corrected chi connectivity index (χ3v) is 3.10. The smallest absolute Gasteiger partial charge is 0.331 e. The van der Waals surface area contributed by atoms with E-state index in [4.69, 9.17) is 21.1 Å². The van der Waals surface area contributed by atoms with E-state index in [9.17, 15) is 4.79 Å². The van der Waals surface area contributed by atoms with E-state index in [1.54, 1.807) is 25.3 Å². The second-order valence-electron chi connectivity index (χ2n) is 4.30. The van der Waals surface area contributed by atoms with Crippen LogP contribution >= 0.6 is 11.6 Å². The first-order valence-electron chi connectivity index (χ1n) is 6.41. The Bertz CT molecular complexity index is 633. The summed E-state index contributed by atoms with van der Waals surface area (Å²) >= 11 is 5.79. The summed E-state index contributed by atoms with van der Waals surface area (Å²) < 4.78 is 10.4. The summed E-state index contributed by atoms with van der Waals surface area (Å²) in [5, 5.41) is 0.658. The van der Waals surface area contributed by atoms with Gasteiger partial charge < -0.3 is 9.47 Å². The fraction of sp³-hybridized carbons (Fsp3) is 0.118. The number of para-hydroxylation sites is 1. The van der Waals surface area contributed by atoms with Gasteiger partial charge in [0.15, 0.2) is 0 Å². The summed E-state index contributed by atoms with van der Waals surface area (Å²) in [4.78, 5) is 11.7. The molecule has 2 aromatic carbocycles. The molecular weight excluding hydrogens is 288 g/mol. The van der Waals surface area contributed by atoms with Gasteiger partial charge in [0.1, 0.15) is 12.4 Å². The molecule has 0 spiro atoms. The number of rotatable bonds is 5. The van der Waals surface area contributed by atoms with E-state index in [1.165, 1.54) is 6.08 Å². The Morgan fingerprint density at radius 3 is 2.57 bits per heavy atom. The maximum absolute atomic E-state index is 11.7. The molecule has 3 nitrogen and oxygen atoms in total. The van der Waals surface area contributed by atoms with E-state index in [1.807, 2.05) is 36.4 Å². The van der Waals surface area contributed by atoms with Gasteiger partial charge >= 0.3 is 5.97 Å². The molecule has 0 N–H and O–H groups in total. The summed E-state index contributed by atoms with van der Waals surface area (Å²) in [6, 6.07) is 14.6. The number of halogens is 1. The molecule has 2 rings (SSSR count). The van der Waals surface area contributed by atoms with E-state index < -0.39 is 5.97 Å². The van der Waals surface area contributed by atoms with Gasteiger partial charge in [0.2, 0.25) is 0 Å². The van der Waals surface area contributed by atoms with Crippen molar-refractivity contribution in [2.45, 2.75) is 6.61 Å². The average Bonchev–Trinajstić information content (AvgIpc) is 2.52. The fourth-order valence-corrected chi connectivity index (χ4v) is 1.88. The van der Waals surface area contributed by atoms with E-state index in [0.717, 1.165) is 11.1 Å². The molecule has 108 valence electrons. The molecule has 0 amide bonds. The van der Waals surface area contributed by atoms with Crippen molar-refractivity contribution in [2.24, 2.45) is 0 Å². The highest BCUT2D eigenvalue weighted by atomic mass is 35.5. The van der Waals surface area contributed by atoms with Gasteiger partial charge in [-0.15, -0.1) is 0 Å². The van der Waals surface area contributed by atoms with Crippen LogP contribution in [0.15, 0.2) is 54.6 Å². The van der Waals surface area contributed by atoms with Crippen LogP contribution in [-0.4, -0.2) is 13.1 Å². The Hall–Kier alpha value is -2.26. The summed E-state index contributed by atoms with van der Waals surface area (Å²) in [5.41, 5.74) is 1.71. The molecule has 0 unspecified atom stereocenters. The number of carbonyl (C=O) groups excluding carboxylic acids is 1. The normalized spacial score (nSPS) is 10.6. The van der Waals surface area contributed by atoms with Gasteiger partial charge in [-0.1, -0.05) is 41.9 Å². The number of ether oxygens (including phenoxy) is 2. The molecule has 0 saturated heterocycles. The monoisotopic (exact) mass is 302 g/mol. The number of methoxy groups -OCH3 is 1. The molecule has 0 radical (unpaired) electrons. The SMILES string of the molecule is COc1ccccc1COC(=O)/C=C/c1ccc(Cl)cc1. The molecule has 0 heterocycles. The Balaban J connectivity index is 1.91. The molecule has 0 saturated carbocycles. The highest BCUT2D eigenvalue weighted by Crippen LogP contribution is 2.18. The molecule has 2 aromatic rings. The van der Waals surface area contributed by atoms with Crippen molar-refractivity contribution >= 4 is 23.6 Å². The third kappa shape index (κ3) is 4.65. The maximum atomic E-state index is 11.7. The number of esters is 1. The Kier molecular flexibility index (Phi) is 5.41. The minimum absolute atomic E-state index is 0.174. The lowest BCUT2D eigenvalue weighted by atomic mass is 10.2. The van der Waals surface area contributed by atoms with Gasteiger partial charge in [0.05, 0.1) is 7.11 Å². The fourth-order valence-electron chi connectivity index (χ4n) is 1.76. The zero-order chi connectivity index (χ0) is 15.1. The minimum atomic E-state index is -0.407. The Morgan fingerprint density at radius 1 is 1.14 bits per heavy atom. The van der Waals surface area contributed by atoms with Crippen molar-refractivity contribution < 1.29 is 14.3 Å². The number of carbonyl (C=O) groups is 1. The predicted octanol–water partition coefficient (Wildman–Crippen LogP) is 4.11. The van der Waals surface area contributed by atoms with E-state index in [2.05, 4.69) is 0 Å². The number of benzene rings is 2. The van der Waals surface area contributed by atoms with Crippen LogP contribution in [0.4, 0.5) is 0 Å². The standard InChI is InChI=1S/C17H15ClO3/c1-20-16-5-3-2-4-14(16)12-21-17(19)11-8-13-6-9-15(18)10-7-13/h2-11H,12H2,1H3/b11-8+. The largest absolute Gasteiger partial charge is 0.496 e. The molecule has 0 atom stereocenters. The summed E-state index contributed by atoms with van der Waals surface area (Å²) in [6.45, 7) is 0.174. The van der Waals surface area contributed by atoms with Crippen LogP contribution in [0, 0.1) is 0 Å². The zero-order valence-electron chi connectivity index (χ0n) is 11.6. The highest BCUT2D eigenvalue weighted by molar-refractivity contribution is 6.30. The van der Waals surface area contributed by atoms with Crippen molar-refractivity contribution in [3.8, 4) is 5.75 Å². The van der Waals surface area contributed by atoms with Crippen LogP contribution in [-0.2, 0) is 16.1 Å². The predicted molar refractivity (Wildman–Crippen MR) is 83.3 cm³/mol. The molecule has 0 aliphatic carbocycles. The molecule has 0 aromatic heterocycles. The number of hydrogen-bond acceptors (Lipinski definition) is 3. The minimum Gasteiger partial charge on any atom is -0.496 e. The first-order valence-corrected chi connectivity index (χ1v) is 6.79. The van der Waals surface area contributed by atoms with Gasteiger partial charge in [-0.2, -0.15) is 0 Å². The molecule has 0 aliphatic rings. The molecule has 0 bridgehead atoms. The van der Waals surface area contributed by atoms with Crippen molar-refractivity contribution in [1.29, 1.82) is 0 Å². The van der Waals surface area contributed by atoms with Crippen LogP contribution in [0.3, 0.4) is 0 Å². The van der Waals surface area contributed by atoms with E-state index in [-0.39, 0.29) is 6.61 Å². The Morgan fingerprint density at radius 2 is 1.86 bits per heavy atom. The molecule has 21 heavy (non-hydrogen) atoms. The number of hydrogen-bond donors (Lipinski definition) is 0. The topological polar surface area (TPSA) is 35.5 Å². The van der Waals surface area contributed by atoms with Gasteiger partial charge in [-0.25, -0.2) is 4.79 Å². The summed E-state index contributed by atoms with van der Waals surface area (Å²) in [6.07, 6.45) is 3.07. The van der Waals surface area contributed by atoms with Gasteiger partial charge in [-0.3, -0.25) is 0 Å². The lowest BCUT2D eigenvalue weighted by Crippen LogP contribution is -2.02. The van der Waals surface area contributed by atoms with Crippen molar-refractivity contribution in [2.75, 3.05) is 7.11 Å². The lowest BCUT2D eigenvalue weighted by molar-refractivity contribution is -0.138. The Labute approximate surface area is 128 Å². The van der Waals surface area contributed by atoms with Crippen molar-refractivity contribution in [3.05, 3.63) is 70.8 Å². The van der Waals surface area contributed by atoms with Gasteiger partial charge in [0, 0.05) is 16.7 Å². The van der Waals surface area contributed by atoms with Crippen LogP contribution in [0.2, 0.25) is 5.02 Å². The lowest BCUT2D eigenvalue weighted by Gasteiger charge is -2.07. The van der Waals surface area contributed by atoms with E-state index >= 15 is 0 Å². The molecule has 4 heteroatoms. The van der Waals surface area contributed by atoms with Crippen LogP contribution in [0.25, 0.3) is 6.08 Å².